The van der Waals surface area contributed by atoms with Crippen LogP contribution in [0.1, 0.15) is 67.2 Å². The maximum absolute atomic E-state index is 5.79. The minimum absolute atomic E-state index is 0.0883. The Labute approximate surface area is 119 Å². The lowest BCUT2D eigenvalue weighted by molar-refractivity contribution is 0.364. The van der Waals surface area contributed by atoms with E-state index in [-0.39, 0.29) is 10.8 Å². The molecule has 0 heterocycles. The van der Waals surface area contributed by atoms with Crippen LogP contribution in [0.2, 0.25) is 0 Å². The quantitative estimate of drug-likeness (QED) is 0.611. The zero-order valence-electron chi connectivity index (χ0n) is 13.7. The molecule has 0 spiro atoms. The van der Waals surface area contributed by atoms with Gasteiger partial charge < -0.3 is 5.73 Å². The Balaban J connectivity index is 5.12. The van der Waals surface area contributed by atoms with Gasteiger partial charge in [0, 0.05) is 17.3 Å². The van der Waals surface area contributed by atoms with Crippen molar-refractivity contribution in [3.05, 3.63) is 24.0 Å². The molecule has 0 amide bonds. The van der Waals surface area contributed by atoms with E-state index in [1.165, 1.54) is 0 Å². The second-order valence-corrected chi connectivity index (χ2v) is 5.86. The summed E-state index contributed by atoms with van der Waals surface area (Å²) < 4.78 is 0. The Morgan fingerprint density at radius 1 is 1.00 bits per heavy atom. The molecule has 0 saturated carbocycles. The summed E-state index contributed by atoms with van der Waals surface area (Å²) >= 11 is 0. The van der Waals surface area contributed by atoms with Crippen molar-refractivity contribution in [3.63, 3.8) is 0 Å². The smallest absolute Gasteiger partial charge is 0.0390 e. The molecule has 110 valence electrons. The van der Waals surface area contributed by atoms with E-state index < -0.39 is 0 Å². The number of rotatable bonds is 8. The summed E-state index contributed by atoms with van der Waals surface area (Å²) in [4.78, 5) is 4.60. The number of nitrogens with two attached hydrogens (primary N) is 1. The first kappa shape index (κ1) is 17.9. The molecule has 2 nitrogen and oxygen atoms in total. The molecule has 0 radical (unpaired) electrons. The van der Waals surface area contributed by atoms with Crippen molar-refractivity contribution >= 4 is 6.21 Å². The van der Waals surface area contributed by atoms with Gasteiger partial charge in [-0.05, 0) is 42.9 Å². The van der Waals surface area contributed by atoms with Gasteiger partial charge in [-0.1, -0.05) is 48.1 Å². The topological polar surface area (TPSA) is 38.4 Å². The van der Waals surface area contributed by atoms with Crippen molar-refractivity contribution in [1.29, 1.82) is 0 Å². The van der Waals surface area contributed by atoms with E-state index in [0.717, 1.165) is 37.0 Å². The molecule has 0 atom stereocenters. The second kappa shape index (κ2) is 7.52. The van der Waals surface area contributed by atoms with Crippen LogP contribution in [-0.2, 0) is 0 Å². The first-order valence-corrected chi connectivity index (χ1v) is 7.49. The van der Waals surface area contributed by atoms with E-state index in [1.54, 1.807) is 6.20 Å². The minimum atomic E-state index is 0.0883. The molecular weight excluding hydrogens is 232 g/mol. The molecule has 0 rings (SSSR count). The normalized spacial score (nSPS) is 14.1. The van der Waals surface area contributed by atoms with E-state index in [4.69, 9.17) is 5.73 Å². The van der Waals surface area contributed by atoms with E-state index in [0.29, 0.717) is 0 Å². The van der Waals surface area contributed by atoms with E-state index in [2.05, 4.69) is 53.1 Å². The number of allylic oxidation sites excluding steroid dienone is 2. The Hall–Kier alpha value is -1.05. The molecule has 0 aromatic heterocycles. The molecule has 2 N–H and O–H groups in total. The molecule has 0 aliphatic rings. The third kappa shape index (κ3) is 4.22. The van der Waals surface area contributed by atoms with Gasteiger partial charge in [-0.15, -0.1) is 0 Å². The van der Waals surface area contributed by atoms with Gasteiger partial charge in [0.2, 0.25) is 0 Å². The minimum Gasteiger partial charge on any atom is -0.404 e. The van der Waals surface area contributed by atoms with Crippen molar-refractivity contribution in [2.45, 2.75) is 67.2 Å². The largest absolute Gasteiger partial charge is 0.404 e. The van der Waals surface area contributed by atoms with Gasteiger partial charge in [-0.2, -0.15) is 0 Å². The van der Waals surface area contributed by atoms with Gasteiger partial charge in [0.05, 0.1) is 0 Å². The average Bonchev–Trinajstić information content (AvgIpc) is 2.45. The van der Waals surface area contributed by atoms with Crippen LogP contribution < -0.4 is 5.73 Å². The van der Waals surface area contributed by atoms with Crippen LogP contribution in [0, 0.1) is 10.8 Å². The third-order valence-corrected chi connectivity index (χ3v) is 5.05. The highest BCUT2D eigenvalue weighted by molar-refractivity contribution is 5.81. The number of nitrogens with zero attached hydrogens (tertiary/aromatic N) is 1. The summed E-state index contributed by atoms with van der Waals surface area (Å²) in [6, 6.07) is 0. The van der Waals surface area contributed by atoms with Crippen LogP contribution >= 0.6 is 0 Å². The number of hydrogen-bond acceptors (Lipinski definition) is 2. The average molecular weight is 264 g/mol. The molecule has 0 aromatic rings. The second-order valence-electron chi connectivity index (χ2n) is 5.86. The number of aliphatic imine (C=N–C) groups is 1. The molecular formula is C17H32N2. The SMILES string of the molecule is C=C(N=C/C(=C\N)C(C)(CC)CC)C(C)(CC)CC. The lowest BCUT2D eigenvalue weighted by Gasteiger charge is -2.29. The standard InChI is InChI=1S/C17H32N2/c1-8-16(6,9-2)14(5)19-13-15(12-18)17(7,10-3)11-4/h12-13H,5,8-11,18H2,1-4,6-7H3/b15-12+,19-13?. The van der Waals surface area contributed by atoms with Crippen LogP contribution in [0.4, 0.5) is 0 Å². The third-order valence-electron chi connectivity index (χ3n) is 5.05. The summed E-state index contributed by atoms with van der Waals surface area (Å²) in [7, 11) is 0. The molecule has 19 heavy (non-hydrogen) atoms. The summed E-state index contributed by atoms with van der Waals surface area (Å²) in [5.74, 6) is 0. The Morgan fingerprint density at radius 2 is 1.42 bits per heavy atom. The van der Waals surface area contributed by atoms with Gasteiger partial charge in [0.1, 0.15) is 0 Å². The summed E-state index contributed by atoms with van der Waals surface area (Å²) in [6.07, 6.45) is 7.84. The van der Waals surface area contributed by atoms with Crippen LogP contribution in [0.25, 0.3) is 0 Å². The van der Waals surface area contributed by atoms with E-state index >= 15 is 0 Å². The Kier molecular flexibility index (Phi) is 7.10. The summed E-state index contributed by atoms with van der Waals surface area (Å²) in [5.41, 5.74) is 8.04. The molecule has 0 saturated heterocycles. The zero-order chi connectivity index (χ0) is 15.1. The van der Waals surface area contributed by atoms with Gasteiger partial charge in [0.25, 0.3) is 0 Å². The molecule has 0 bridgehead atoms. The maximum Gasteiger partial charge on any atom is 0.0390 e. The van der Waals surface area contributed by atoms with Crippen molar-refractivity contribution in [2.75, 3.05) is 0 Å². The molecule has 0 aromatic carbocycles. The predicted octanol–water partition coefficient (Wildman–Crippen LogP) is 5.07. The Morgan fingerprint density at radius 3 is 1.74 bits per heavy atom. The van der Waals surface area contributed by atoms with Gasteiger partial charge in [-0.3, -0.25) is 4.99 Å². The molecule has 0 aliphatic carbocycles. The van der Waals surface area contributed by atoms with Crippen LogP contribution in [0.15, 0.2) is 29.0 Å². The van der Waals surface area contributed by atoms with Crippen molar-refractivity contribution in [2.24, 2.45) is 21.6 Å². The first-order valence-electron chi connectivity index (χ1n) is 7.49. The number of hydrogen-bond donors (Lipinski definition) is 1. The lowest BCUT2D eigenvalue weighted by atomic mass is 9.78. The van der Waals surface area contributed by atoms with E-state index in [1.807, 2.05) is 6.21 Å². The predicted molar refractivity (Wildman–Crippen MR) is 87.3 cm³/mol. The fourth-order valence-corrected chi connectivity index (χ4v) is 2.02. The van der Waals surface area contributed by atoms with Gasteiger partial charge in [-0.25, -0.2) is 0 Å². The fourth-order valence-electron chi connectivity index (χ4n) is 2.02. The highest BCUT2D eigenvalue weighted by atomic mass is 14.8. The van der Waals surface area contributed by atoms with Crippen LogP contribution in [0.5, 0.6) is 0 Å². The lowest BCUT2D eigenvalue weighted by Crippen LogP contribution is -2.20. The van der Waals surface area contributed by atoms with Crippen molar-refractivity contribution < 1.29 is 0 Å². The Bertz CT molecular complexity index is 342. The summed E-state index contributed by atoms with van der Waals surface area (Å²) in [5, 5.41) is 0. The molecule has 2 heteroatoms. The van der Waals surface area contributed by atoms with Gasteiger partial charge >= 0.3 is 0 Å². The fraction of sp³-hybridized carbons (Fsp3) is 0.706. The molecule has 0 unspecified atom stereocenters. The van der Waals surface area contributed by atoms with Crippen LogP contribution in [0.3, 0.4) is 0 Å². The van der Waals surface area contributed by atoms with Gasteiger partial charge in [0.15, 0.2) is 0 Å². The van der Waals surface area contributed by atoms with Crippen LogP contribution in [-0.4, -0.2) is 6.21 Å². The first-order chi connectivity index (χ1) is 8.83. The highest BCUT2D eigenvalue weighted by Gasteiger charge is 2.25. The maximum atomic E-state index is 5.79. The van der Waals surface area contributed by atoms with Crippen molar-refractivity contribution in [3.8, 4) is 0 Å². The van der Waals surface area contributed by atoms with E-state index in [9.17, 15) is 0 Å². The van der Waals surface area contributed by atoms with Crippen molar-refractivity contribution in [1.82, 2.24) is 0 Å². The zero-order valence-corrected chi connectivity index (χ0v) is 13.7. The highest BCUT2D eigenvalue weighted by Crippen LogP contribution is 2.36. The monoisotopic (exact) mass is 264 g/mol. The molecule has 0 fully saturated rings. The molecule has 0 aliphatic heterocycles. The summed E-state index contributed by atoms with van der Waals surface area (Å²) in [6.45, 7) is 17.4.